The second kappa shape index (κ2) is 16.7. The van der Waals surface area contributed by atoms with E-state index < -0.39 is 6.03 Å². The van der Waals surface area contributed by atoms with Gasteiger partial charge in [0.05, 0.1) is 5.56 Å². The zero-order valence-electron chi connectivity index (χ0n) is 27.1. The molecule has 3 aromatic rings. The van der Waals surface area contributed by atoms with E-state index in [-0.39, 0.29) is 11.5 Å². The van der Waals surface area contributed by atoms with Crippen LogP contribution < -0.4 is 32.6 Å². The van der Waals surface area contributed by atoms with E-state index in [1.165, 1.54) is 32.1 Å². The second-order valence-corrected chi connectivity index (χ2v) is 12.4. The van der Waals surface area contributed by atoms with Gasteiger partial charge in [0.1, 0.15) is 0 Å². The van der Waals surface area contributed by atoms with Crippen LogP contribution >= 0.6 is 0 Å². The van der Waals surface area contributed by atoms with Crippen LogP contribution in [0.3, 0.4) is 0 Å². The fourth-order valence-corrected chi connectivity index (χ4v) is 6.34. The van der Waals surface area contributed by atoms with Crippen molar-refractivity contribution in [2.45, 2.75) is 38.3 Å². The van der Waals surface area contributed by atoms with Gasteiger partial charge in [-0.05, 0) is 107 Å². The number of nitrogens with two attached hydrogens (primary N) is 2. The van der Waals surface area contributed by atoms with E-state index in [1.807, 2.05) is 48.5 Å². The maximum absolute atomic E-state index is 12.9. The minimum absolute atomic E-state index is 0.0809. The van der Waals surface area contributed by atoms with Crippen molar-refractivity contribution in [3.05, 3.63) is 70.6 Å². The summed E-state index contributed by atoms with van der Waals surface area (Å²) in [6, 6.07) is 16.0. The minimum Gasteiger partial charge on any atom is -0.369 e. The van der Waals surface area contributed by atoms with Gasteiger partial charge in [0.2, 0.25) is 5.95 Å². The van der Waals surface area contributed by atoms with E-state index in [4.69, 9.17) is 11.5 Å². The molecule has 2 fully saturated rings. The Morgan fingerprint density at radius 3 is 2.17 bits per heavy atom. The van der Waals surface area contributed by atoms with Crippen LogP contribution in [0.1, 0.15) is 31.2 Å². The molecule has 2 amide bonds. The van der Waals surface area contributed by atoms with E-state index in [9.17, 15) is 9.59 Å². The number of aromatic amines is 1. The van der Waals surface area contributed by atoms with Crippen LogP contribution in [0.2, 0.25) is 0 Å². The zero-order chi connectivity index (χ0) is 32.3. The van der Waals surface area contributed by atoms with Gasteiger partial charge in [-0.15, -0.1) is 0 Å². The largest absolute Gasteiger partial charge is 0.369 e. The van der Waals surface area contributed by atoms with Crippen molar-refractivity contribution in [3.8, 4) is 11.1 Å². The maximum atomic E-state index is 12.9. The van der Waals surface area contributed by atoms with E-state index >= 15 is 0 Å². The summed E-state index contributed by atoms with van der Waals surface area (Å²) in [5, 5.41) is 5.46. The number of urea groups is 1. The Hall–Kier alpha value is -3.81. The molecular formula is C34H50N10O2. The number of piperazine rings is 1. The molecule has 7 N–H and O–H groups in total. The number of aromatic nitrogens is 2. The van der Waals surface area contributed by atoms with Crippen molar-refractivity contribution in [1.29, 1.82) is 0 Å². The Labute approximate surface area is 272 Å². The summed E-state index contributed by atoms with van der Waals surface area (Å²) in [4.78, 5) is 42.3. The Kier molecular flexibility index (Phi) is 12.2. The number of benzene rings is 2. The third kappa shape index (κ3) is 9.36. The Balaban J connectivity index is 1.10. The first-order valence-corrected chi connectivity index (χ1v) is 16.6. The minimum atomic E-state index is -0.478. The molecule has 3 heterocycles. The number of rotatable bonds is 13. The molecule has 2 aliphatic heterocycles. The van der Waals surface area contributed by atoms with Gasteiger partial charge in [-0.2, -0.15) is 0 Å². The first kappa shape index (κ1) is 33.6. The van der Waals surface area contributed by atoms with Crippen LogP contribution in [0.4, 0.5) is 22.1 Å². The monoisotopic (exact) mass is 630 g/mol. The molecule has 0 bridgehead atoms. The van der Waals surface area contributed by atoms with Crippen molar-refractivity contribution >= 4 is 23.4 Å². The Morgan fingerprint density at radius 2 is 1.57 bits per heavy atom. The number of nitrogens with zero attached hydrogens (tertiary/aromatic N) is 5. The van der Waals surface area contributed by atoms with Gasteiger partial charge >= 0.3 is 6.03 Å². The number of piperidine rings is 1. The number of H-pyrrole nitrogens is 1. The summed E-state index contributed by atoms with van der Waals surface area (Å²) < 4.78 is 0. The molecule has 0 radical (unpaired) electrons. The molecule has 2 aromatic carbocycles. The van der Waals surface area contributed by atoms with Crippen molar-refractivity contribution < 1.29 is 4.79 Å². The van der Waals surface area contributed by atoms with Crippen LogP contribution in [0.5, 0.6) is 0 Å². The van der Waals surface area contributed by atoms with Crippen molar-refractivity contribution in [2.75, 3.05) is 88.0 Å². The summed E-state index contributed by atoms with van der Waals surface area (Å²) in [5.74, 6) is 0.0809. The SMILES string of the molecule is CN1CCC(N2CCN(c3ccc(NC(=O)Nc4ncc(-c5ccc(CN(CCCN)CCCN)cc5)c(=O)[nH]4)cc3)CC2)CC1. The molecular weight excluding hydrogens is 580 g/mol. The molecule has 12 nitrogen and oxygen atoms in total. The summed E-state index contributed by atoms with van der Waals surface area (Å²) in [6.45, 7) is 10.5. The van der Waals surface area contributed by atoms with Gasteiger partial charge in [0.25, 0.3) is 5.56 Å². The molecule has 0 atom stereocenters. The lowest BCUT2D eigenvalue weighted by molar-refractivity contribution is 0.115. The number of amides is 2. The molecule has 0 spiro atoms. The lowest BCUT2D eigenvalue weighted by atomic mass is 10.0. The van der Waals surface area contributed by atoms with Gasteiger partial charge in [-0.3, -0.25) is 24.9 Å². The number of hydrogen-bond donors (Lipinski definition) is 5. The number of likely N-dealkylation sites (tertiary alicyclic amines) is 1. The lowest BCUT2D eigenvalue weighted by Crippen LogP contribution is -2.53. The molecule has 12 heteroatoms. The average Bonchev–Trinajstić information content (AvgIpc) is 3.07. The fraction of sp³-hybridized carbons (Fsp3) is 0.500. The lowest BCUT2D eigenvalue weighted by Gasteiger charge is -2.42. The highest BCUT2D eigenvalue weighted by Crippen LogP contribution is 2.23. The predicted octanol–water partition coefficient (Wildman–Crippen LogP) is 2.80. The highest BCUT2D eigenvalue weighted by atomic mass is 16.2. The summed E-state index contributed by atoms with van der Waals surface area (Å²) >= 11 is 0. The number of carbonyl (C=O) groups excluding carboxylic acids is 1. The third-order valence-electron chi connectivity index (χ3n) is 9.07. The second-order valence-electron chi connectivity index (χ2n) is 12.4. The number of carbonyl (C=O) groups is 1. The van der Waals surface area contributed by atoms with Crippen LogP contribution in [0.25, 0.3) is 11.1 Å². The van der Waals surface area contributed by atoms with Gasteiger partial charge in [0, 0.05) is 56.3 Å². The van der Waals surface area contributed by atoms with Crippen LogP contribution in [0.15, 0.2) is 59.5 Å². The molecule has 46 heavy (non-hydrogen) atoms. The molecule has 5 rings (SSSR count). The topological polar surface area (TPSA) is 152 Å². The zero-order valence-corrected chi connectivity index (χ0v) is 27.1. The first-order valence-electron chi connectivity index (χ1n) is 16.6. The predicted molar refractivity (Wildman–Crippen MR) is 186 cm³/mol. The molecule has 1 aromatic heterocycles. The van der Waals surface area contributed by atoms with Gasteiger partial charge in [-0.1, -0.05) is 24.3 Å². The van der Waals surface area contributed by atoms with Gasteiger partial charge < -0.3 is 26.6 Å². The third-order valence-corrected chi connectivity index (χ3v) is 9.07. The molecule has 2 aliphatic rings. The standard InChI is InChI=1S/C34H50N10O2/c1-41-18-12-30(13-19-41)44-22-20-43(21-23-44)29-10-8-28(9-11-29)38-34(46)40-33-37-24-31(32(45)39-33)27-6-4-26(5-7-27)25-42(16-2-14-35)17-3-15-36/h4-11,24,30H,2-3,12-23,25,35-36H2,1H3,(H3,37,38,39,40,45,46). The van der Waals surface area contributed by atoms with Crippen molar-refractivity contribution in [3.63, 3.8) is 0 Å². The molecule has 0 unspecified atom stereocenters. The molecule has 2 saturated heterocycles. The fourth-order valence-electron chi connectivity index (χ4n) is 6.34. The van der Waals surface area contributed by atoms with Crippen LogP contribution in [-0.4, -0.2) is 109 Å². The maximum Gasteiger partial charge on any atom is 0.326 e. The van der Waals surface area contributed by atoms with E-state index in [1.54, 1.807) is 0 Å². The summed E-state index contributed by atoms with van der Waals surface area (Å²) in [5.41, 5.74) is 15.2. The Bertz CT molecular complexity index is 1420. The van der Waals surface area contributed by atoms with Gasteiger partial charge in [-0.25, -0.2) is 9.78 Å². The van der Waals surface area contributed by atoms with Crippen molar-refractivity contribution in [1.82, 2.24) is 24.7 Å². The van der Waals surface area contributed by atoms with Gasteiger partial charge in [0.15, 0.2) is 0 Å². The van der Waals surface area contributed by atoms with Crippen LogP contribution in [-0.2, 0) is 6.54 Å². The Morgan fingerprint density at radius 1 is 0.913 bits per heavy atom. The molecule has 248 valence electrons. The first-order chi connectivity index (χ1) is 22.4. The number of nitrogens with one attached hydrogen (secondary N) is 3. The summed E-state index contributed by atoms with van der Waals surface area (Å²) in [7, 11) is 2.21. The quantitative estimate of drug-likeness (QED) is 0.192. The highest BCUT2D eigenvalue weighted by Gasteiger charge is 2.26. The van der Waals surface area contributed by atoms with Crippen molar-refractivity contribution in [2.24, 2.45) is 11.5 Å². The normalized spacial score (nSPS) is 16.6. The van der Waals surface area contributed by atoms with E-state index in [0.717, 1.165) is 75.5 Å². The average molecular weight is 631 g/mol. The molecule has 0 aliphatic carbocycles. The van der Waals surface area contributed by atoms with Crippen LogP contribution in [0, 0.1) is 0 Å². The summed E-state index contributed by atoms with van der Waals surface area (Å²) in [6.07, 6.45) is 5.87. The number of hydrogen-bond acceptors (Lipinski definition) is 9. The highest BCUT2D eigenvalue weighted by molar-refractivity contribution is 5.98. The number of anilines is 3. The molecule has 0 saturated carbocycles. The van der Waals surface area contributed by atoms with E-state index in [0.29, 0.717) is 30.4 Å². The smallest absolute Gasteiger partial charge is 0.326 e. The van der Waals surface area contributed by atoms with E-state index in [2.05, 4.69) is 47.2 Å².